The Bertz CT molecular complexity index is 2190. The van der Waals surface area contributed by atoms with Crippen molar-refractivity contribution in [2.24, 2.45) is 23.7 Å². The molecule has 12 heteroatoms. The third-order valence-corrected chi connectivity index (χ3v) is 12.2. The number of halogens is 4. The number of carbonyl (C=O) groups excluding carboxylic acids is 1. The highest BCUT2D eigenvalue weighted by Crippen LogP contribution is 2.63. The highest BCUT2D eigenvalue weighted by molar-refractivity contribution is 6.30. The highest BCUT2D eigenvalue weighted by Gasteiger charge is 2.60. The molecule has 8 nitrogen and oxygen atoms in total. The highest BCUT2D eigenvalue weighted by atomic mass is 35.5. The smallest absolute Gasteiger partial charge is 0.410 e. The maximum absolute atomic E-state index is 14.6. The Hall–Kier alpha value is -4.25. The van der Waals surface area contributed by atoms with Gasteiger partial charge in [-0.15, -0.1) is 0 Å². The topological polar surface area (TPSA) is 78.5 Å². The number of hydrogen-bond acceptors (Lipinski definition) is 7. The lowest BCUT2D eigenvalue weighted by atomic mass is 10.0. The molecule has 1 amide bonds. The lowest BCUT2D eigenvalue weighted by Gasteiger charge is -2.26. The van der Waals surface area contributed by atoms with E-state index in [1.54, 1.807) is 43.0 Å². The number of nitrogens with one attached hydrogen (secondary N) is 1. The summed E-state index contributed by atoms with van der Waals surface area (Å²) in [5, 5.41) is 4.09. The van der Waals surface area contributed by atoms with Crippen LogP contribution in [-0.2, 0) is 16.3 Å². The van der Waals surface area contributed by atoms with Crippen molar-refractivity contribution < 1.29 is 37.3 Å². The van der Waals surface area contributed by atoms with Crippen molar-refractivity contribution in [3.63, 3.8) is 0 Å². The Morgan fingerprint density at radius 3 is 1.62 bits per heavy atom. The summed E-state index contributed by atoms with van der Waals surface area (Å²) in [4.78, 5) is 14.2. The monoisotopic (exact) mass is 790 g/mol. The molecule has 4 aliphatic heterocycles. The number of rotatable bonds is 4. The Morgan fingerprint density at radius 1 is 0.727 bits per heavy atom. The zero-order valence-corrected chi connectivity index (χ0v) is 32.6. The molecular weight excluding hydrogens is 749 g/mol. The van der Waals surface area contributed by atoms with Crippen LogP contribution >= 0.6 is 23.2 Å². The first-order valence-electron chi connectivity index (χ1n) is 18.7. The summed E-state index contributed by atoms with van der Waals surface area (Å²) in [5.74, 6) is 2.25. The summed E-state index contributed by atoms with van der Waals surface area (Å²) in [6, 6.07) is 20.8. The number of carbonyl (C=O) groups is 1. The van der Waals surface area contributed by atoms with Crippen LogP contribution in [0.4, 0.5) is 13.6 Å². The van der Waals surface area contributed by atoms with Crippen LogP contribution in [0.1, 0.15) is 68.7 Å². The average Bonchev–Trinajstić information content (AvgIpc) is 3.55. The molecule has 1 N–H and O–H groups in total. The standard InChI is InChI=1S/C24H25ClFNO4.C19H17ClFNO2/c1-23(2,3)31-22(28)27-11-15-16(12-27)20(15)14-6-5-7-19-21(14)30-24(4,29-19)17-9-8-13(25)10-18(17)26;1-19(14-6-5-10(20)7-15(14)21)23-16-4-2-3-11(18(16)24-19)17-12-8-22-9-13(12)17/h5-10,15-16,20H,11-12H2,1-4H3;2-7,12-13,17,22H,8-9H2,1H3/t15-,16+,20?,24?;12-,13+,17?,19?. The van der Waals surface area contributed by atoms with E-state index in [1.807, 2.05) is 51.1 Å². The molecule has 4 aromatic rings. The van der Waals surface area contributed by atoms with Gasteiger partial charge in [0.25, 0.3) is 11.6 Å². The van der Waals surface area contributed by atoms with Crippen LogP contribution in [0.3, 0.4) is 0 Å². The molecule has 4 fully saturated rings. The number of nitrogens with zero attached hydrogens (tertiary/aromatic N) is 1. The van der Waals surface area contributed by atoms with Gasteiger partial charge in [-0.25, -0.2) is 13.6 Å². The Balaban J connectivity index is 0.000000149. The van der Waals surface area contributed by atoms with Crippen molar-refractivity contribution in [2.45, 2.75) is 63.6 Å². The van der Waals surface area contributed by atoms with Crippen LogP contribution in [0.25, 0.3) is 0 Å². The van der Waals surface area contributed by atoms with Crippen LogP contribution in [0.5, 0.6) is 23.0 Å². The molecule has 0 radical (unpaired) electrons. The minimum atomic E-state index is -1.26. The zero-order chi connectivity index (χ0) is 38.6. The predicted molar refractivity (Wildman–Crippen MR) is 203 cm³/mol. The fourth-order valence-electron chi connectivity index (χ4n) is 9.10. The van der Waals surface area contributed by atoms with Gasteiger partial charge in [0.05, 0.1) is 11.1 Å². The summed E-state index contributed by atoms with van der Waals surface area (Å²) in [6.45, 7) is 12.5. The van der Waals surface area contributed by atoms with E-state index in [4.69, 9.17) is 46.9 Å². The Morgan fingerprint density at radius 2 is 1.18 bits per heavy atom. The van der Waals surface area contributed by atoms with Gasteiger partial charge in [0.1, 0.15) is 17.2 Å². The van der Waals surface area contributed by atoms with E-state index < -0.39 is 28.8 Å². The molecule has 10 rings (SSSR count). The van der Waals surface area contributed by atoms with Crippen molar-refractivity contribution in [2.75, 3.05) is 26.2 Å². The number of ether oxygens (including phenoxy) is 5. The number of fused-ring (bicyclic) bond motifs is 4. The van der Waals surface area contributed by atoms with Gasteiger partial charge in [0.2, 0.25) is 0 Å². The molecule has 4 unspecified atom stereocenters. The molecule has 4 heterocycles. The van der Waals surface area contributed by atoms with Crippen LogP contribution in [-0.4, -0.2) is 42.8 Å². The average molecular weight is 792 g/mol. The Labute approximate surface area is 328 Å². The number of benzene rings is 4. The minimum Gasteiger partial charge on any atom is -0.444 e. The predicted octanol–water partition coefficient (Wildman–Crippen LogP) is 9.76. The van der Waals surface area contributed by atoms with Gasteiger partial charge in [-0.2, -0.15) is 0 Å². The number of para-hydroxylation sites is 2. The number of piperidine rings is 2. The number of hydrogen-bond donors (Lipinski definition) is 1. The third kappa shape index (κ3) is 6.44. The summed E-state index contributed by atoms with van der Waals surface area (Å²) in [7, 11) is 0. The van der Waals surface area contributed by atoms with Crippen molar-refractivity contribution in [3.05, 3.63) is 117 Å². The van der Waals surface area contributed by atoms with Crippen molar-refractivity contribution in [1.29, 1.82) is 0 Å². The molecule has 2 aliphatic carbocycles. The lowest BCUT2D eigenvalue weighted by Crippen LogP contribution is -2.36. The van der Waals surface area contributed by atoms with E-state index in [0.717, 1.165) is 24.4 Å². The molecular formula is C43H42Cl2F2N2O6. The SMILES string of the molecule is CC(C)(C)OC(=O)N1C[C@@H]2C(c3cccc4c3OC(C)(c3ccc(Cl)cc3F)O4)[C@@H]2C1.CC1(c2ccc(Cl)cc2F)Oc2cccc(C3[C@H]4CNC[C@@H]34)c2O1. The van der Waals surface area contributed by atoms with E-state index in [2.05, 4.69) is 11.4 Å². The van der Waals surface area contributed by atoms with E-state index in [-0.39, 0.29) is 12.0 Å². The molecule has 0 aromatic heterocycles. The normalized spacial score (nSPS) is 30.3. The molecule has 2 saturated carbocycles. The van der Waals surface area contributed by atoms with E-state index >= 15 is 0 Å². The van der Waals surface area contributed by atoms with Gasteiger partial charge in [-0.3, -0.25) is 0 Å². The molecule has 8 atom stereocenters. The van der Waals surface area contributed by atoms with Crippen molar-refractivity contribution >= 4 is 29.3 Å². The zero-order valence-electron chi connectivity index (χ0n) is 31.1. The third-order valence-electron chi connectivity index (χ3n) is 11.7. The van der Waals surface area contributed by atoms with Gasteiger partial charge in [-0.1, -0.05) is 47.5 Å². The van der Waals surface area contributed by atoms with Crippen molar-refractivity contribution in [3.8, 4) is 23.0 Å². The first-order valence-corrected chi connectivity index (χ1v) is 19.5. The van der Waals surface area contributed by atoms with Gasteiger partial charge in [0.15, 0.2) is 23.0 Å². The van der Waals surface area contributed by atoms with E-state index in [9.17, 15) is 13.6 Å². The maximum atomic E-state index is 14.6. The number of amides is 1. The Kier molecular flexibility index (Phi) is 8.53. The lowest BCUT2D eigenvalue weighted by molar-refractivity contribution is -0.0715. The van der Waals surface area contributed by atoms with Crippen LogP contribution in [0.15, 0.2) is 72.8 Å². The fraction of sp³-hybridized carbons (Fsp3) is 0.419. The molecule has 0 spiro atoms. The van der Waals surface area contributed by atoms with Gasteiger partial charge >= 0.3 is 6.09 Å². The largest absolute Gasteiger partial charge is 0.444 e. The van der Waals surface area contributed by atoms with Gasteiger partial charge in [-0.05, 0) is 118 Å². The van der Waals surface area contributed by atoms with Crippen molar-refractivity contribution in [1.82, 2.24) is 10.2 Å². The van der Waals surface area contributed by atoms with Crippen LogP contribution < -0.4 is 24.3 Å². The number of likely N-dealkylation sites (tertiary alicyclic amines) is 1. The van der Waals surface area contributed by atoms with E-state index in [1.165, 1.54) is 17.7 Å². The first kappa shape index (κ1) is 36.4. The maximum Gasteiger partial charge on any atom is 0.410 e. The molecule has 55 heavy (non-hydrogen) atoms. The summed E-state index contributed by atoms with van der Waals surface area (Å²) < 4.78 is 58.9. The summed E-state index contributed by atoms with van der Waals surface area (Å²) >= 11 is 11.8. The summed E-state index contributed by atoms with van der Waals surface area (Å²) in [6.07, 6.45) is -0.262. The second-order valence-electron chi connectivity index (χ2n) is 16.6. The minimum absolute atomic E-state index is 0.262. The second kappa shape index (κ2) is 12.9. The first-order chi connectivity index (χ1) is 26.1. The van der Waals surface area contributed by atoms with Crippen LogP contribution in [0.2, 0.25) is 10.0 Å². The summed E-state index contributed by atoms with van der Waals surface area (Å²) in [5.41, 5.74) is 2.38. The molecule has 288 valence electrons. The molecule has 0 bridgehead atoms. The molecule has 4 aromatic carbocycles. The second-order valence-corrected chi connectivity index (χ2v) is 17.5. The van der Waals surface area contributed by atoms with Crippen LogP contribution in [0, 0.1) is 35.3 Å². The van der Waals surface area contributed by atoms with E-state index in [0.29, 0.717) is 81.1 Å². The van der Waals surface area contributed by atoms with Gasteiger partial charge in [0, 0.05) is 48.1 Å². The van der Waals surface area contributed by atoms with Gasteiger partial charge < -0.3 is 33.9 Å². The fourth-order valence-corrected chi connectivity index (χ4v) is 9.42. The quantitative estimate of drug-likeness (QED) is 0.221. The molecule has 6 aliphatic rings. The molecule has 2 saturated heterocycles.